The highest BCUT2D eigenvalue weighted by Gasteiger charge is 2.50. The summed E-state index contributed by atoms with van der Waals surface area (Å²) in [6.45, 7) is 0. The lowest BCUT2D eigenvalue weighted by molar-refractivity contribution is -0.138. The molecular formula is C10H9N3O2. The molecule has 1 aromatic rings. The highest BCUT2D eigenvalue weighted by atomic mass is 16.4. The van der Waals surface area contributed by atoms with Crippen molar-refractivity contribution < 1.29 is 9.90 Å². The van der Waals surface area contributed by atoms with Crippen LogP contribution in [0, 0.1) is 11.3 Å². The van der Waals surface area contributed by atoms with E-state index in [2.05, 4.69) is 10.3 Å². The summed E-state index contributed by atoms with van der Waals surface area (Å²) < 4.78 is 0. The van der Waals surface area contributed by atoms with Gasteiger partial charge in [-0.25, -0.2) is 4.79 Å². The van der Waals surface area contributed by atoms with Gasteiger partial charge < -0.3 is 10.4 Å². The number of nitriles is 1. The molecule has 0 spiro atoms. The van der Waals surface area contributed by atoms with E-state index in [1.807, 2.05) is 6.07 Å². The highest BCUT2D eigenvalue weighted by Crippen LogP contribution is 2.39. The molecule has 1 aliphatic rings. The Morgan fingerprint density at radius 2 is 2.40 bits per heavy atom. The minimum absolute atomic E-state index is 0.414. The molecule has 1 fully saturated rings. The number of pyridine rings is 1. The summed E-state index contributed by atoms with van der Waals surface area (Å²) in [4.78, 5) is 14.8. The highest BCUT2D eigenvalue weighted by molar-refractivity contribution is 5.86. The van der Waals surface area contributed by atoms with Crippen molar-refractivity contribution in [3.05, 3.63) is 24.0 Å². The topological polar surface area (TPSA) is 86.0 Å². The van der Waals surface area contributed by atoms with Gasteiger partial charge >= 0.3 is 5.97 Å². The first-order valence-electron chi connectivity index (χ1n) is 4.54. The number of rotatable bonds is 3. The van der Waals surface area contributed by atoms with E-state index in [4.69, 9.17) is 10.4 Å². The summed E-state index contributed by atoms with van der Waals surface area (Å²) in [7, 11) is 0. The smallest absolute Gasteiger partial charge is 0.329 e. The van der Waals surface area contributed by atoms with Crippen molar-refractivity contribution >= 4 is 11.7 Å². The van der Waals surface area contributed by atoms with Crippen molar-refractivity contribution in [2.75, 3.05) is 5.32 Å². The molecule has 1 aliphatic carbocycles. The average molecular weight is 203 g/mol. The summed E-state index contributed by atoms with van der Waals surface area (Å²) in [6.07, 6.45) is 4.15. The fourth-order valence-electron chi connectivity index (χ4n) is 1.37. The fraction of sp³-hybridized carbons (Fsp3) is 0.300. The lowest BCUT2D eigenvalue weighted by atomic mass is 10.2. The third-order valence-corrected chi connectivity index (χ3v) is 2.47. The largest absolute Gasteiger partial charge is 0.480 e. The number of carboxylic acids is 1. The third-order valence-electron chi connectivity index (χ3n) is 2.47. The van der Waals surface area contributed by atoms with Gasteiger partial charge in [-0.05, 0) is 18.9 Å². The molecule has 15 heavy (non-hydrogen) atoms. The molecule has 0 atom stereocenters. The standard InChI is InChI=1S/C10H9N3O2/c11-5-7-1-4-12-6-8(7)13-10(2-3-10)9(14)15/h1,4,6,13H,2-3H2,(H,14,15). The summed E-state index contributed by atoms with van der Waals surface area (Å²) >= 11 is 0. The van der Waals surface area contributed by atoms with Crippen LogP contribution in [0.15, 0.2) is 18.5 Å². The van der Waals surface area contributed by atoms with Gasteiger partial charge in [0.05, 0.1) is 17.4 Å². The van der Waals surface area contributed by atoms with E-state index in [0.29, 0.717) is 24.1 Å². The van der Waals surface area contributed by atoms with Crippen LogP contribution in [0.4, 0.5) is 5.69 Å². The molecule has 2 N–H and O–H groups in total. The van der Waals surface area contributed by atoms with Crippen LogP contribution in [0.25, 0.3) is 0 Å². The van der Waals surface area contributed by atoms with Gasteiger partial charge in [0.1, 0.15) is 11.6 Å². The van der Waals surface area contributed by atoms with Gasteiger partial charge in [-0.2, -0.15) is 5.26 Å². The van der Waals surface area contributed by atoms with Gasteiger partial charge in [0, 0.05) is 6.20 Å². The number of hydrogen-bond acceptors (Lipinski definition) is 4. The van der Waals surface area contributed by atoms with E-state index >= 15 is 0 Å². The number of hydrogen-bond donors (Lipinski definition) is 2. The molecule has 1 saturated carbocycles. The van der Waals surface area contributed by atoms with Crippen LogP contribution in [0.2, 0.25) is 0 Å². The summed E-state index contributed by atoms with van der Waals surface area (Å²) in [5.41, 5.74) is 0.0201. The van der Waals surface area contributed by atoms with Crippen LogP contribution in [0.5, 0.6) is 0 Å². The molecule has 0 amide bonds. The Morgan fingerprint density at radius 1 is 1.67 bits per heavy atom. The van der Waals surface area contributed by atoms with Crippen LogP contribution in [0.3, 0.4) is 0 Å². The van der Waals surface area contributed by atoms with Crippen LogP contribution in [-0.2, 0) is 4.79 Å². The van der Waals surface area contributed by atoms with Gasteiger partial charge in [0.2, 0.25) is 0 Å². The zero-order valence-electron chi connectivity index (χ0n) is 7.90. The molecule has 0 aliphatic heterocycles. The maximum atomic E-state index is 10.9. The second-order valence-electron chi connectivity index (χ2n) is 3.55. The lowest BCUT2D eigenvalue weighted by Gasteiger charge is -2.14. The lowest BCUT2D eigenvalue weighted by Crippen LogP contribution is -2.31. The van der Waals surface area contributed by atoms with Crippen molar-refractivity contribution in [1.82, 2.24) is 4.98 Å². The Bertz CT molecular complexity index is 446. The average Bonchev–Trinajstić information content (AvgIpc) is 3.00. The van der Waals surface area contributed by atoms with Crippen LogP contribution < -0.4 is 5.32 Å². The Hall–Kier alpha value is -2.09. The number of aliphatic carboxylic acids is 1. The Kier molecular flexibility index (Phi) is 2.05. The molecule has 0 aromatic carbocycles. The summed E-state index contributed by atoms with van der Waals surface area (Å²) in [5, 5.41) is 20.6. The molecule has 0 unspecified atom stereocenters. The van der Waals surface area contributed by atoms with Gasteiger partial charge in [-0.15, -0.1) is 0 Å². The zero-order valence-corrected chi connectivity index (χ0v) is 7.90. The van der Waals surface area contributed by atoms with E-state index in [0.717, 1.165) is 0 Å². The van der Waals surface area contributed by atoms with Crippen LogP contribution >= 0.6 is 0 Å². The maximum Gasteiger partial charge on any atom is 0.329 e. The molecule has 1 aromatic heterocycles. The van der Waals surface area contributed by atoms with Crippen molar-refractivity contribution in [1.29, 1.82) is 5.26 Å². The predicted molar refractivity (Wildman–Crippen MR) is 52.2 cm³/mol. The SMILES string of the molecule is N#Cc1ccncc1NC1(C(=O)O)CC1. The second-order valence-corrected chi connectivity index (χ2v) is 3.55. The molecule has 76 valence electrons. The molecule has 5 nitrogen and oxygen atoms in total. The first-order chi connectivity index (χ1) is 7.18. The van der Waals surface area contributed by atoms with E-state index in [1.165, 1.54) is 12.4 Å². The first-order valence-corrected chi connectivity index (χ1v) is 4.54. The van der Waals surface area contributed by atoms with Crippen molar-refractivity contribution in [3.8, 4) is 6.07 Å². The number of carboxylic acid groups (broad SMARTS) is 1. The van der Waals surface area contributed by atoms with Crippen molar-refractivity contribution in [3.63, 3.8) is 0 Å². The van der Waals surface area contributed by atoms with Crippen LogP contribution in [0.1, 0.15) is 18.4 Å². The van der Waals surface area contributed by atoms with Gasteiger partial charge in [-0.1, -0.05) is 0 Å². The zero-order chi connectivity index (χ0) is 10.9. The van der Waals surface area contributed by atoms with Gasteiger partial charge in [0.25, 0.3) is 0 Å². The second kappa shape index (κ2) is 3.24. The molecule has 0 saturated heterocycles. The van der Waals surface area contributed by atoms with Crippen molar-refractivity contribution in [2.24, 2.45) is 0 Å². The molecular weight excluding hydrogens is 194 g/mol. The van der Waals surface area contributed by atoms with E-state index in [-0.39, 0.29) is 0 Å². The van der Waals surface area contributed by atoms with E-state index < -0.39 is 11.5 Å². The molecule has 5 heteroatoms. The number of carbonyl (C=O) groups is 1. The summed E-state index contributed by atoms with van der Waals surface area (Å²) in [6, 6.07) is 3.55. The number of nitrogens with one attached hydrogen (secondary N) is 1. The number of aromatic nitrogens is 1. The quantitative estimate of drug-likeness (QED) is 0.764. The number of nitrogens with zero attached hydrogens (tertiary/aromatic N) is 2. The molecule has 0 bridgehead atoms. The minimum atomic E-state index is -0.880. The Labute approximate surface area is 86.4 Å². The third kappa shape index (κ3) is 1.62. The molecule has 2 rings (SSSR count). The monoisotopic (exact) mass is 203 g/mol. The van der Waals surface area contributed by atoms with Crippen molar-refractivity contribution in [2.45, 2.75) is 18.4 Å². The van der Waals surface area contributed by atoms with E-state index in [1.54, 1.807) is 6.07 Å². The maximum absolute atomic E-state index is 10.9. The Balaban J connectivity index is 2.26. The fourth-order valence-corrected chi connectivity index (χ4v) is 1.37. The normalized spacial score (nSPS) is 16.5. The molecule has 0 radical (unpaired) electrons. The first kappa shape index (κ1) is 9.46. The van der Waals surface area contributed by atoms with Gasteiger partial charge in [-0.3, -0.25) is 4.98 Å². The minimum Gasteiger partial charge on any atom is -0.480 e. The summed E-state index contributed by atoms with van der Waals surface area (Å²) in [5.74, 6) is -0.879. The number of anilines is 1. The van der Waals surface area contributed by atoms with Crippen LogP contribution in [-0.4, -0.2) is 21.6 Å². The predicted octanol–water partition coefficient (Wildman–Crippen LogP) is 0.982. The van der Waals surface area contributed by atoms with Gasteiger partial charge in [0.15, 0.2) is 0 Å². The van der Waals surface area contributed by atoms with E-state index in [9.17, 15) is 4.79 Å². The molecule has 1 heterocycles. The Morgan fingerprint density at radius 3 is 2.93 bits per heavy atom.